The molecule has 1 fully saturated rings. The summed E-state index contributed by atoms with van der Waals surface area (Å²) in [5, 5.41) is 5.01. The standard InChI is InChI=1S/C21H24ClN3O3/c1-14(26)21-16-7-4-9-18(16)25(23-21)13-20(27)24-11-5-6-15(12-24)28-19-10-3-2-8-17(19)22/h2-3,8,10,15H,4-7,9,11-13H2,1H3. The molecule has 4 rings (SSSR count). The van der Waals surface area contributed by atoms with Crippen LogP contribution in [0, 0.1) is 0 Å². The molecule has 1 amide bonds. The van der Waals surface area contributed by atoms with E-state index >= 15 is 0 Å². The molecule has 2 aromatic rings. The van der Waals surface area contributed by atoms with Crippen molar-refractivity contribution in [2.45, 2.75) is 51.7 Å². The summed E-state index contributed by atoms with van der Waals surface area (Å²) in [7, 11) is 0. The highest BCUT2D eigenvalue weighted by molar-refractivity contribution is 6.32. The molecule has 6 nitrogen and oxygen atoms in total. The van der Waals surface area contributed by atoms with Gasteiger partial charge in [-0.3, -0.25) is 14.3 Å². The first-order valence-electron chi connectivity index (χ1n) is 9.81. The van der Waals surface area contributed by atoms with Crippen LogP contribution in [-0.2, 0) is 24.2 Å². The van der Waals surface area contributed by atoms with Gasteiger partial charge in [-0.05, 0) is 44.2 Å². The van der Waals surface area contributed by atoms with Crippen LogP contribution in [0.1, 0.15) is 47.9 Å². The Labute approximate surface area is 169 Å². The molecule has 0 saturated carbocycles. The van der Waals surface area contributed by atoms with E-state index in [0.717, 1.165) is 43.4 Å². The minimum absolute atomic E-state index is 0.0137. The van der Waals surface area contributed by atoms with Gasteiger partial charge in [0.25, 0.3) is 0 Å². The number of carbonyl (C=O) groups is 2. The predicted octanol–water partition coefficient (Wildman–Crippen LogP) is 3.30. The Hall–Kier alpha value is -2.34. The van der Waals surface area contributed by atoms with Gasteiger partial charge in [-0.15, -0.1) is 0 Å². The number of hydrogen-bond acceptors (Lipinski definition) is 4. The van der Waals surface area contributed by atoms with E-state index in [9.17, 15) is 9.59 Å². The summed E-state index contributed by atoms with van der Waals surface area (Å²) in [5.74, 6) is 0.634. The van der Waals surface area contributed by atoms with Gasteiger partial charge in [0.05, 0.1) is 11.6 Å². The molecule has 1 aromatic heterocycles. The minimum Gasteiger partial charge on any atom is -0.487 e. The first kappa shape index (κ1) is 19.0. The fourth-order valence-corrected chi connectivity index (χ4v) is 4.31. The van der Waals surface area contributed by atoms with Crippen LogP contribution in [0.4, 0.5) is 0 Å². The molecule has 0 bridgehead atoms. The number of rotatable bonds is 5. The molecule has 1 aromatic carbocycles. The topological polar surface area (TPSA) is 64.4 Å². The molecule has 1 saturated heterocycles. The van der Waals surface area contributed by atoms with Crippen LogP contribution < -0.4 is 4.74 Å². The third-order valence-electron chi connectivity index (χ3n) is 5.49. The molecule has 0 radical (unpaired) electrons. The SMILES string of the molecule is CC(=O)c1nn(CC(=O)N2CCCC(Oc3ccccc3Cl)C2)c2c1CCC2. The van der Waals surface area contributed by atoms with Crippen molar-refractivity contribution in [3.63, 3.8) is 0 Å². The molecular formula is C21H24ClN3O3. The summed E-state index contributed by atoms with van der Waals surface area (Å²) < 4.78 is 7.77. The Balaban J connectivity index is 1.43. The number of ketones is 1. The van der Waals surface area contributed by atoms with Crippen LogP contribution in [-0.4, -0.2) is 45.6 Å². The van der Waals surface area contributed by atoms with Crippen LogP contribution in [0.2, 0.25) is 5.02 Å². The highest BCUT2D eigenvalue weighted by Crippen LogP contribution is 2.28. The Morgan fingerprint density at radius 2 is 2.07 bits per heavy atom. The maximum absolute atomic E-state index is 12.9. The van der Waals surface area contributed by atoms with Crippen molar-refractivity contribution in [3.05, 3.63) is 46.2 Å². The summed E-state index contributed by atoms with van der Waals surface area (Å²) in [5.41, 5.74) is 2.59. The Morgan fingerprint density at radius 1 is 1.25 bits per heavy atom. The van der Waals surface area contributed by atoms with Crippen LogP contribution in [0.15, 0.2) is 24.3 Å². The zero-order valence-corrected chi connectivity index (χ0v) is 16.7. The van der Waals surface area contributed by atoms with Gasteiger partial charge in [0.1, 0.15) is 24.1 Å². The number of hydrogen-bond donors (Lipinski definition) is 0. The number of carbonyl (C=O) groups excluding carboxylic acids is 2. The lowest BCUT2D eigenvalue weighted by Gasteiger charge is -2.33. The second-order valence-electron chi connectivity index (χ2n) is 7.49. The highest BCUT2D eigenvalue weighted by atomic mass is 35.5. The normalized spacial score (nSPS) is 18.8. The fourth-order valence-electron chi connectivity index (χ4n) is 4.13. The number of benzene rings is 1. The molecule has 1 aliphatic carbocycles. The lowest BCUT2D eigenvalue weighted by molar-refractivity contribution is -0.134. The van der Waals surface area contributed by atoms with Crippen molar-refractivity contribution in [3.8, 4) is 5.75 Å². The average Bonchev–Trinajstić information content (AvgIpc) is 3.27. The second kappa shape index (κ2) is 7.95. The molecule has 1 atom stereocenters. The predicted molar refractivity (Wildman–Crippen MR) is 106 cm³/mol. The average molecular weight is 402 g/mol. The van der Waals surface area contributed by atoms with Crippen molar-refractivity contribution in [1.82, 2.24) is 14.7 Å². The molecule has 148 valence electrons. The van der Waals surface area contributed by atoms with Crippen LogP contribution in [0.3, 0.4) is 0 Å². The number of para-hydroxylation sites is 1. The van der Waals surface area contributed by atoms with Crippen molar-refractivity contribution in [2.75, 3.05) is 13.1 Å². The van der Waals surface area contributed by atoms with E-state index in [-0.39, 0.29) is 24.3 Å². The molecule has 7 heteroatoms. The first-order valence-corrected chi connectivity index (χ1v) is 10.2. The van der Waals surface area contributed by atoms with Gasteiger partial charge in [0, 0.05) is 24.7 Å². The Bertz CT molecular complexity index is 908. The lowest BCUT2D eigenvalue weighted by atomic mass is 10.1. The van der Waals surface area contributed by atoms with E-state index in [1.165, 1.54) is 6.92 Å². The summed E-state index contributed by atoms with van der Waals surface area (Å²) >= 11 is 6.19. The summed E-state index contributed by atoms with van der Waals surface area (Å²) in [6.07, 6.45) is 4.46. The third-order valence-corrected chi connectivity index (χ3v) is 5.80. The summed E-state index contributed by atoms with van der Waals surface area (Å²) in [6, 6.07) is 7.40. The summed E-state index contributed by atoms with van der Waals surface area (Å²) in [6.45, 7) is 2.96. The molecular weight excluding hydrogens is 378 g/mol. The molecule has 1 unspecified atom stereocenters. The van der Waals surface area contributed by atoms with Gasteiger partial charge in [-0.2, -0.15) is 5.10 Å². The van der Waals surface area contributed by atoms with Crippen LogP contribution in [0.25, 0.3) is 0 Å². The maximum Gasteiger partial charge on any atom is 0.244 e. The second-order valence-corrected chi connectivity index (χ2v) is 7.90. The summed E-state index contributed by atoms with van der Waals surface area (Å²) in [4.78, 5) is 26.6. The van der Waals surface area contributed by atoms with Crippen molar-refractivity contribution in [2.24, 2.45) is 0 Å². The molecule has 0 spiro atoms. The molecule has 1 aliphatic heterocycles. The lowest BCUT2D eigenvalue weighted by Crippen LogP contribution is -2.45. The fraction of sp³-hybridized carbons (Fsp3) is 0.476. The number of amides is 1. The first-order chi connectivity index (χ1) is 13.5. The molecule has 2 heterocycles. The van der Waals surface area contributed by atoms with Gasteiger partial charge < -0.3 is 9.64 Å². The number of piperidine rings is 1. The van der Waals surface area contributed by atoms with Crippen molar-refractivity contribution >= 4 is 23.3 Å². The number of Topliss-reactive ketones (excluding diaryl/α,β-unsaturated/α-hetero) is 1. The monoisotopic (exact) mass is 401 g/mol. The van der Waals surface area contributed by atoms with Crippen LogP contribution >= 0.6 is 11.6 Å². The smallest absolute Gasteiger partial charge is 0.244 e. The van der Waals surface area contributed by atoms with E-state index < -0.39 is 0 Å². The highest BCUT2D eigenvalue weighted by Gasteiger charge is 2.29. The van der Waals surface area contributed by atoms with Gasteiger partial charge >= 0.3 is 0 Å². The zero-order chi connectivity index (χ0) is 19.7. The van der Waals surface area contributed by atoms with Gasteiger partial charge in [-0.25, -0.2) is 0 Å². The van der Waals surface area contributed by atoms with E-state index in [0.29, 0.717) is 29.6 Å². The van der Waals surface area contributed by atoms with Gasteiger partial charge in [0.2, 0.25) is 5.91 Å². The maximum atomic E-state index is 12.9. The number of halogens is 1. The van der Waals surface area contributed by atoms with Crippen molar-refractivity contribution in [1.29, 1.82) is 0 Å². The number of fused-ring (bicyclic) bond motifs is 1. The van der Waals surface area contributed by atoms with E-state index in [4.69, 9.17) is 16.3 Å². The number of ether oxygens (including phenoxy) is 1. The quantitative estimate of drug-likeness (QED) is 0.721. The van der Waals surface area contributed by atoms with Gasteiger partial charge in [0.15, 0.2) is 5.78 Å². The van der Waals surface area contributed by atoms with Gasteiger partial charge in [-0.1, -0.05) is 23.7 Å². The molecule has 2 aliphatic rings. The van der Waals surface area contributed by atoms with E-state index in [1.54, 1.807) is 10.7 Å². The third kappa shape index (κ3) is 3.78. The number of nitrogens with zero attached hydrogens (tertiary/aromatic N) is 3. The zero-order valence-electron chi connectivity index (χ0n) is 16.0. The number of aromatic nitrogens is 2. The van der Waals surface area contributed by atoms with E-state index in [1.807, 2.05) is 23.1 Å². The Morgan fingerprint density at radius 3 is 2.86 bits per heavy atom. The van der Waals surface area contributed by atoms with E-state index in [2.05, 4.69) is 5.10 Å². The minimum atomic E-state index is -0.0753. The van der Waals surface area contributed by atoms with Crippen molar-refractivity contribution < 1.29 is 14.3 Å². The molecule has 28 heavy (non-hydrogen) atoms. The van der Waals surface area contributed by atoms with Crippen LogP contribution in [0.5, 0.6) is 5.75 Å². The largest absolute Gasteiger partial charge is 0.487 e. The number of likely N-dealkylation sites (tertiary alicyclic amines) is 1. The molecule has 0 N–H and O–H groups in total. The Kier molecular flexibility index (Phi) is 5.40.